The lowest BCUT2D eigenvalue weighted by molar-refractivity contribution is -0.160. The number of hydrogen-bond acceptors (Lipinski definition) is 5. The van der Waals surface area contributed by atoms with Crippen LogP contribution in [0.5, 0.6) is 11.5 Å². The fourth-order valence-electron chi connectivity index (χ4n) is 2.28. The summed E-state index contributed by atoms with van der Waals surface area (Å²) in [6, 6.07) is 13.8. The van der Waals surface area contributed by atoms with Gasteiger partial charge in [-0.05, 0) is 43.7 Å². The predicted molar refractivity (Wildman–Crippen MR) is 103 cm³/mol. The molecule has 0 aromatic heterocycles. The Hall–Kier alpha value is -2.73. The zero-order valence-electron chi connectivity index (χ0n) is 15.4. The first-order valence-electron chi connectivity index (χ1n) is 8.51. The number of anilines is 1. The number of esters is 1. The molecular formula is C20H22ClNO5. The molecule has 0 saturated carbocycles. The minimum absolute atomic E-state index is 0.394. The van der Waals surface area contributed by atoms with Gasteiger partial charge in [-0.25, -0.2) is 4.79 Å². The fourth-order valence-corrected chi connectivity index (χ4v) is 2.45. The maximum atomic E-state index is 12.4. The molecule has 6 nitrogen and oxygen atoms in total. The van der Waals surface area contributed by atoms with Gasteiger partial charge in [-0.2, -0.15) is 0 Å². The van der Waals surface area contributed by atoms with Crippen molar-refractivity contribution in [3.05, 3.63) is 53.6 Å². The van der Waals surface area contributed by atoms with Crippen LogP contribution < -0.4 is 14.8 Å². The maximum absolute atomic E-state index is 12.4. The highest BCUT2D eigenvalue weighted by Gasteiger charge is 2.26. The number of hydrogen-bond donors (Lipinski definition) is 1. The van der Waals surface area contributed by atoms with E-state index in [0.29, 0.717) is 28.6 Å². The minimum atomic E-state index is -1.02. The Labute approximate surface area is 163 Å². The molecule has 2 aromatic rings. The van der Waals surface area contributed by atoms with Crippen molar-refractivity contribution in [2.45, 2.75) is 32.5 Å². The first-order valence-corrected chi connectivity index (χ1v) is 8.89. The van der Waals surface area contributed by atoms with Crippen LogP contribution in [-0.4, -0.2) is 31.2 Å². The third kappa shape index (κ3) is 5.89. The van der Waals surface area contributed by atoms with Crippen LogP contribution in [0.25, 0.3) is 0 Å². The summed E-state index contributed by atoms with van der Waals surface area (Å²) >= 11 is 5.95. The number of para-hydroxylation sites is 1. The summed E-state index contributed by atoms with van der Waals surface area (Å²) < 4.78 is 16.1. The molecule has 0 radical (unpaired) electrons. The van der Waals surface area contributed by atoms with Crippen LogP contribution in [0.1, 0.15) is 20.3 Å². The van der Waals surface area contributed by atoms with E-state index in [-0.39, 0.29) is 0 Å². The topological polar surface area (TPSA) is 73.9 Å². The van der Waals surface area contributed by atoms with Gasteiger partial charge in [-0.1, -0.05) is 36.7 Å². The molecule has 0 saturated heterocycles. The van der Waals surface area contributed by atoms with Crippen LogP contribution in [0, 0.1) is 0 Å². The average Bonchev–Trinajstić information content (AvgIpc) is 2.66. The molecule has 0 aliphatic rings. The van der Waals surface area contributed by atoms with E-state index in [1.54, 1.807) is 37.3 Å². The lowest BCUT2D eigenvalue weighted by Gasteiger charge is -2.20. The summed E-state index contributed by atoms with van der Waals surface area (Å²) in [6.45, 7) is 3.29. The number of methoxy groups -OCH3 is 1. The number of ether oxygens (including phenoxy) is 3. The van der Waals surface area contributed by atoms with E-state index in [0.717, 1.165) is 0 Å². The van der Waals surface area contributed by atoms with Crippen molar-refractivity contribution < 1.29 is 23.8 Å². The number of nitrogens with one attached hydrogen (secondary N) is 1. The van der Waals surface area contributed by atoms with Crippen molar-refractivity contribution in [2.75, 3.05) is 12.4 Å². The van der Waals surface area contributed by atoms with Crippen LogP contribution in [0.15, 0.2) is 48.5 Å². The molecule has 0 unspecified atom stereocenters. The van der Waals surface area contributed by atoms with Gasteiger partial charge in [0.25, 0.3) is 5.91 Å². The lowest BCUT2D eigenvalue weighted by atomic mass is 10.2. The van der Waals surface area contributed by atoms with Gasteiger partial charge < -0.3 is 19.5 Å². The van der Waals surface area contributed by atoms with Gasteiger partial charge in [-0.15, -0.1) is 0 Å². The summed E-state index contributed by atoms with van der Waals surface area (Å²) in [5.74, 6) is -0.104. The molecule has 0 aliphatic carbocycles. The Morgan fingerprint density at radius 2 is 1.85 bits per heavy atom. The Balaban J connectivity index is 1.98. The Morgan fingerprint density at radius 3 is 2.48 bits per heavy atom. The van der Waals surface area contributed by atoms with Crippen LogP contribution in [0.3, 0.4) is 0 Å². The second-order valence-electron chi connectivity index (χ2n) is 5.74. The molecule has 144 valence electrons. The molecule has 1 N–H and O–H groups in total. The van der Waals surface area contributed by atoms with Crippen molar-refractivity contribution in [1.29, 1.82) is 0 Å². The first kappa shape index (κ1) is 20.6. The minimum Gasteiger partial charge on any atom is -0.495 e. The molecule has 27 heavy (non-hydrogen) atoms. The quantitative estimate of drug-likeness (QED) is 0.686. The van der Waals surface area contributed by atoms with Crippen LogP contribution >= 0.6 is 11.6 Å². The van der Waals surface area contributed by atoms with E-state index in [2.05, 4.69) is 5.32 Å². The van der Waals surface area contributed by atoms with Gasteiger partial charge in [0.2, 0.25) is 0 Å². The van der Waals surface area contributed by atoms with Crippen molar-refractivity contribution in [3.63, 3.8) is 0 Å². The van der Waals surface area contributed by atoms with Gasteiger partial charge in [-0.3, -0.25) is 4.79 Å². The molecule has 2 rings (SSSR count). The Bertz CT molecular complexity index is 781. The monoisotopic (exact) mass is 391 g/mol. The molecule has 0 bridgehead atoms. The molecule has 0 heterocycles. The number of carbonyl (C=O) groups is 2. The summed E-state index contributed by atoms with van der Waals surface area (Å²) in [7, 11) is 1.48. The highest BCUT2D eigenvalue weighted by molar-refractivity contribution is 6.31. The van der Waals surface area contributed by atoms with Crippen LogP contribution in [0.2, 0.25) is 5.02 Å². The number of halogens is 1. The summed E-state index contributed by atoms with van der Waals surface area (Å²) in [4.78, 5) is 24.7. The van der Waals surface area contributed by atoms with E-state index in [1.807, 2.05) is 18.2 Å². The molecule has 1 amide bonds. The normalized spacial score (nSPS) is 12.6. The number of benzene rings is 2. The van der Waals surface area contributed by atoms with Gasteiger partial charge in [0.15, 0.2) is 12.2 Å². The predicted octanol–water partition coefficient (Wildman–Crippen LogP) is 4.08. The van der Waals surface area contributed by atoms with Crippen molar-refractivity contribution in [3.8, 4) is 11.5 Å². The highest BCUT2D eigenvalue weighted by atomic mass is 35.5. The number of amides is 1. The zero-order valence-corrected chi connectivity index (χ0v) is 16.2. The van der Waals surface area contributed by atoms with Crippen LogP contribution in [0.4, 0.5) is 5.69 Å². The van der Waals surface area contributed by atoms with Gasteiger partial charge >= 0.3 is 5.97 Å². The number of carbonyl (C=O) groups excluding carboxylic acids is 2. The third-order valence-electron chi connectivity index (χ3n) is 3.74. The van der Waals surface area contributed by atoms with E-state index < -0.39 is 24.1 Å². The third-order valence-corrected chi connectivity index (χ3v) is 3.97. The molecule has 0 aliphatic heterocycles. The Kier molecular flexibility index (Phi) is 7.49. The fraction of sp³-hybridized carbons (Fsp3) is 0.300. The zero-order chi connectivity index (χ0) is 19.8. The molecule has 2 aromatic carbocycles. The highest BCUT2D eigenvalue weighted by Crippen LogP contribution is 2.27. The van der Waals surface area contributed by atoms with Crippen molar-refractivity contribution >= 4 is 29.2 Å². The average molecular weight is 392 g/mol. The first-order chi connectivity index (χ1) is 12.9. The second-order valence-corrected chi connectivity index (χ2v) is 6.18. The van der Waals surface area contributed by atoms with E-state index in [9.17, 15) is 9.59 Å². The molecular weight excluding hydrogens is 370 g/mol. The largest absolute Gasteiger partial charge is 0.495 e. The molecule has 2 atom stereocenters. The number of rotatable bonds is 8. The standard InChI is InChI=1S/C20H22ClNO5/c1-4-17(27-15-8-6-5-7-9-15)20(24)26-13(2)19(23)22-16-12-14(21)10-11-18(16)25-3/h5-13,17H,4H2,1-3H3,(H,22,23)/t13-,17+/m1/s1. The van der Waals surface area contributed by atoms with E-state index >= 15 is 0 Å². The van der Waals surface area contributed by atoms with Gasteiger partial charge in [0, 0.05) is 5.02 Å². The molecule has 7 heteroatoms. The second kappa shape index (κ2) is 9.83. The van der Waals surface area contributed by atoms with E-state index in [4.69, 9.17) is 25.8 Å². The Morgan fingerprint density at radius 1 is 1.15 bits per heavy atom. The van der Waals surface area contributed by atoms with Gasteiger partial charge in [0.05, 0.1) is 12.8 Å². The maximum Gasteiger partial charge on any atom is 0.348 e. The summed E-state index contributed by atoms with van der Waals surface area (Å²) in [5, 5.41) is 3.09. The van der Waals surface area contributed by atoms with E-state index in [1.165, 1.54) is 14.0 Å². The summed E-state index contributed by atoms with van der Waals surface area (Å²) in [5.41, 5.74) is 0.394. The SMILES string of the molecule is CC[C@H](Oc1ccccc1)C(=O)O[C@H](C)C(=O)Nc1cc(Cl)ccc1OC. The van der Waals surface area contributed by atoms with Crippen molar-refractivity contribution in [1.82, 2.24) is 0 Å². The van der Waals surface area contributed by atoms with Crippen molar-refractivity contribution in [2.24, 2.45) is 0 Å². The van der Waals surface area contributed by atoms with Crippen LogP contribution in [-0.2, 0) is 14.3 Å². The molecule has 0 spiro atoms. The lowest BCUT2D eigenvalue weighted by Crippen LogP contribution is -2.36. The summed E-state index contributed by atoms with van der Waals surface area (Å²) in [6.07, 6.45) is -1.41. The molecule has 0 fully saturated rings. The van der Waals surface area contributed by atoms with Gasteiger partial charge in [0.1, 0.15) is 11.5 Å². The smallest absolute Gasteiger partial charge is 0.348 e.